The van der Waals surface area contributed by atoms with Crippen molar-refractivity contribution < 1.29 is 19.6 Å². The molecule has 1 N–H and O–H groups in total. The van der Waals surface area contributed by atoms with Crippen molar-refractivity contribution in [3.8, 4) is 0 Å². The molecule has 0 aromatic heterocycles. The number of hydrogen-bond donors (Lipinski definition) is 1. The van der Waals surface area contributed by atoms with Gasteiger partial charge in [0.15, 0.2) is 0 Å². The van der Waals surface area contributed by atoms with Crippen LogP contribution in [0.2, 0.25) is 0 Å². The Morgan fingerprint density at radius 3 is 2.65 bits per heavy atom. The first-order valence-electron chi connectivity index (χ1n) is 5.87. The lowest BCUT2D eigenvalue weighted by molar-refractivity contribution is -0.500. The molecule has 0 amide bonds. The molecule has 0 aromatic rings. The Hall–Kier alpha value is -1.17. The van der Waals surface area contributed by atoms with Gasteiger partial charge in [0.1, 0.15) is 5.60 Å². The lowest BCUT2D eigenvalue weighted by atomic mass is 10.0. The van der Waals surface area contributed by atoms with Crippen LogP contribution < -0.4 is 0 Å². The van der Waals surface area contributed by atoms with Gasteiger partial charge in [-0.15, -0.1) is 0 Å². The molecule has 0 aliphatic carbocycles. The summed E-state index contributed by atoms with van der Waals surface area (Å²) in [7, 11) is 0. The minimum Gasteiger partial charge on any atom is -0.466 e. The predicted molar refractivity (Wildman–Crippen MR) is 62.2 cm³/mol. The van der Waals surface area contributed by atoms with Crippen molar-refractivity contribution >= 4 is 5.97 Å². The van der Waals surface area contributed by atoms with Gasteiger partial charge in [-0.1, -0.05) is 19.8 Å². The summed E-state index contributed by atoms with van der Waals surface area (Å²) in [5.41, 5.74) is -1.42. The zero-order valence-corrected chi connectivity index (χ0v) is 10.5. The van der Waals surface area contributed by atoms with Crippen molar-refractivity contribution in [3.05, 3.63) is 10.1 Å². The quantitative estimate of drug-likeness (QED) is 0.289. The first-order chi connectivity index (χ1) is 7.87. The fourth-order valence-electron chi connectivity index (χ4n) is 1.33. The molecule has 0 radical (unpaired) electrons. The van der Waals surface area contributed by atoms with Crippen molar-refractivity contribution in [2.24, 2.45) is 0 Å². The topological polar surface area (TPSA) is 89.7 Å². The van der Waals surface area contributed by atoms with Crippen LogP contribution in [0.15, 0.2) is 0 Å². The zero-order chi connectivity index (χ0) is 13.3. The zero-order valence-electron chi connectivity index (χ0n) is 10.5. The van der Waals surface area contributed by atoms with Crippen LogP contribution in [0.25, 0.3) is 0 Å². The SMILES string of the molecule is CCCCCC(=O)OCCC(C)(O)C[N+](=O)[O-]. The Morgan fingerprint density at radius 1 is 1.47 bits per heavy atom. The molecule has 1 atom stereocenters. The molecule has 0 aliphatic rings. The van der Waals surface area contributed by atoms with Crippen LogP contribution >= 0.6 is 0 Å². The Morgan fingerprint density at radius 2 is 2.12 bits per heavy atom. The van der Waals surface area contributed by atoms with Crippen LogP contribution in [0.5, 0.6) is 0 Å². The summed E-state index contributed by atoms with van der Waals surface area (Å²) in [5.74, 6) is -0.310. The van der Waals surface area contributed by atoms with E-state index < -0.39 is 17.1 Å². The molecule has 0 saturated carbocycles. The molecule has 0 aliphatic heterocycles. The van der Waals surface area contributed by atoms with E-state index in [9.17, 15) is 20.0 Å². The number of hydrogen-bond acceptors (Lipinski definition) is 5. The summed E-state index contributed by atoms with van der Waals surface area (Å²) in [5, 5.41) is 19.8. The van der Waals surface area contributed by atoms with E-state index in [1.165, 1.54) is 6.92 Å². The normalized spacial score (nSPS) is 14.1. The second-order valence-corrected chi connectivity index (χ2v) is 4.42. The van der Waals surface area contributed by atoms with Crippen molar-refractivity contribution in [1.82, 2.24) is 0 Å². The van der Waals surface area contributed by atoms with Gasteiger partial charge in [-0.05, 0) is 13.3 Å². The summed E-state index contributed by atoms with van der Waals surface area (Å²) < 4.78 is 4.88. The third kappa shape index (κ3) is 9.74. The van der Waals surface area contributed by atoms with Gasteiger partial charge < -0.3 is 9.84 Å². The van der Waals surface area contributed by atoms with Crippen LogP contribution in [-0.2, 0) is 9.53 Å². The number of rotatable bonds is 9. The lowest BCUT2D eigenvalue weighted by Gasteiger charge is -2.17. The highest BCUT2D eigenvalue weighted by atomic mass is 16.6. The Balaban J connectivity index is 3.67. The van der Waals surface area contributed by atoms with Gasteiger partial charge in [-0.25, -0.2) is 0 Å². The molecule has 0 bridgehead atoms. The molecular weight excluding hydrogens is 226 g/mol. The minimum atomic E-state index is -1.42. The van der Waals surface area contributed by atoms with Crippen LogP contribution in [0.3, 0.4) is 0 Å². The molecule has 1 unspecified atom stereocenters. The van der Waals surface area contributed by atoms with E-state index in [4.69, 9.17) is 4.74 Å². The largest absolute Gasteiger partial charge is 0.466 e. The highest BCUT2D eigenvalue weighted by Crippen LogP contribution is 2.10. The summed E-state index contributed by atoms with van der Waals surface area (Å²) in [6.45, 7) is 2.88. The monoisotopic (exact) mass is 247 g/mol. The van der Waals surface area contributed by atoms with E-state index in [1.807, 2.05) is 6.92 Å². The van der Waals surface area contributed by atoms with Crippen LogP contribution in [0.4, 0.5) is 0 Å². The fourth-order valence-corrected chi connectivity index (χ4v) is 1.33. The smallest absolute Gasteiger partial charge is 0.305 e. The molecular formula is C11H21NO5. The second kappa shape index (κ2) is 8.00. The maximum absolute atomic E-state index is 11.2. The highest BCUT2D eigenvalue weighted by Gasteiger charge is 2.27. The van der Waals surface area contributed by atoms with E-state index in [0.717, 1.165) is 19.3 Å². The maximum Gasteiger partial charge on any atom is 0.305 e. The van der Waals surface area contributed by atoms with E-state index in [1.54, 1.807) is 0 Å². The molecule has 0 rings (SSSR count). The van der Waals surface area contributed by atoms with Gasteiger partial charge in [-0.3, -0.25) is 14.9 Å². The average Bonchev–Trinajstić information content (AvgIpc) is 2.15. The number of esters is 1. The number of ether oxygens (including phenoxy) is 1. The van der Waals surface area contributed by atoms with E-state index in [2.05, 4.69) is 0 Å². The van der Waals surface area contributed by atoms with E-state index >= 15 is 0 Å². The molecule has 6 heteroatoms. The van der Waals surface area contributed by atoms with Crippen molar-refractivity contribution in [1.29, 1.82) is 0 Å². The maximum atomic E-state index is 11.2. The Labute approximate surface area is 101 Å². The Bertz CT molecular complexity index is 252. The first kappa shape index (κ1) is 15.8. The number of nitrogens with zero attached hydrogens (tertiary/aromatic N) is 1. The highest BCUT2D eigenvalue weighted by molar-refractivity contribution is 5.69. The van der Waals surface area contributed by atoms with E-state index in [-0.39, 0.29) is 19.0 Å². The summed E-state index contributed by atoms with van der Waals surface area (Å²) >= 11 is 0. The molecule has 100 valence electrons. The van der Waals surface area contributed by atoms with Gasteiger partial charge in [0.25, 0.3) is 0 Å². The fraction of sp³-hybridized carbons (Fsp3) is 0.909. The number of carbonyl (C=O) groups excluding carboxylic acids is 1. The molecule has 6 nitrogen and oxygen atoms in total. The number of carbonyl (C=O) groups is 1. The van der Waals surface area contributed by atoms with Crippen molar-refractivity contribution in [2.45, 2.75) is 51.6 Å². The molecule has 17 heavy (non-hydrogen) atoms. The minimum absolute atomic E-state index is 0.0196. The summed E-state index contributed by atoms with van der Waals surface area (Å²) in [6, 6.07) is 0. The number of nitro groups is 1. The van der Waals surface area contributed by atoms with Gasteiger partial charge in [0.2, 0.25) is 6.54 Å². The third-order valence-corrected chi connectivity index (χ3v) is 2.36. The van der Waals surface area contributed by atoms with E-state index in [0.29, 0.717) is 6.42 Å². The third-order valence-electron chi connectivity index (χ3n) is 2.36. The van der Waals surface area contributed by atoms with Gasteiger partial charge in [-0.2, -0.15) is 0 Å². The Kier molecular flexibility index (Phi) is 7.45. The molecule has 0 fully saturated rings. The van der Waals surface area contributed by atoms with Gasteiger partial charge in [0.05, 0.1) is 6.61 Å². The van der Waals surface area contributed by atoms with Crippen molar-refractivity contribution in [3.63, 3.8) is 0 Å². The molecule has 0 aromatic carbocycles. The molecule has 0 heterocycles. The predicted octanol–water partition coefficient (Wildman–Crippen LogP) is 1.53. The number of aliphatic hydroxyl groups is 1. The number of unbranched alkanes of at least 4 members (excludes halogenated alkanes) is 2. The van der Waals surface area contributed by atoms with Gasteiger partial charge in [0, 0.05) is 17.8 Å². The van der Waals surface area contributed by atoms with Gasteiger partial charge >= 0.3 is 5.97 Å². The van der Waals surface area contributed by atoms with Crippen LogP contribution in [-0.4, -0.2) is 34.8 Å². The molecule has 0 spiro atoms. The second-order valence-electron chi connectivity index (χ2n) is 4.42. The van der Waals surface area contributed by atoms with Crippen LogP contribution in [0.1, 0.15) is 46.0 Å². The lowest BCUT2D eigenvalue weighted by Crippen LogP contribution is -2.35. The van der Waals surface area contributed by atoms with Crippen LogP contribution in [0, 0.1) is 10.1 Å². The summed E-state index contributed by atoms with van der Waals surface area (Å²) in [6.07, 6.45) is 3.25. The standard InChI is InChI=1S/C11H21NO5/c1-3-4-5-6-10(13)17-8-7-11(2,14)9-12(15)16/h14H,3-9H2,1-2H3. The summed E-state index contributed by atoms with van der Waals surface area (Å²) in [4.78, 5) is 20.8. The average molecular weight is 247 g/mol. The first-order valence-corrected chi connectivity index (χ1v) is 5.87. The molecule has 0 saturated heterocycles. The van der Waals surface area contributed by atoms with Crippen molar-refractivity contribution in [2.75, 3.05) is 13.2 Å².